The lowest BCUT2D eigenvalue weighted by Gasteiger charge is -2.20. The maximum absolute atomic E-state index is 12.6. The molecule has 2 aliphatic heterocycles. The summed E-state index contributed by atoms with van der Waals surface area (Å²) in [6, 6.07) is 7.10. The summed E-state index contributed by atoms with van der Waals surface area (Å²) >= 11 is 3.40. The number of halogens is 1. The molecule has 2 N–H and O–H groups in total. The van der Waals surface area contributed by atoms with E-state index in [4.69, 9.17) is 0 Å². The Labute approximate surface area is 183 Å². The molecule has 1 unspecified atom stereocenters. The lowest BCUT2D eigenvalue weighted by atomic mass is 9.98. The molecule has 4 rings (SSSR count). The molecule has 1 aliphatic carbocycles. The number of rotatable bonds is 6. The van der Waals surface area contributed by atoms with Gasteiger partial charge in [-0.3, -0.25) is 19.3 Å². The van der Waals surface area contributed by atoms with Crippen LogP contribution < -0.4 is 15.5 Å². The van der Waals surface area contributed by atoms with E-state index in [9.17, 15) is 19.2 Å². The number of imide groups is 1. The number of urea groups is 1. The molecule has 1 saturated carbocycles. The maximum Gasteiger partial charge on any atom is 0.325 e. The van der Waals surface area contributed by atoms with E-state index in [0.29, 0.717) is 32.4 Å². The molecule has 1 aromatic carbocycles. The zero-order chi connectivity index (χ0) is 21.3. The summed E-state index contributed by atoms with van der Waals surface area (Å²) in [7, 11) is 0. The van der Waals surface area contributed by atoms with Crippen LogP contribution >= 0.6 is 15.9 Å². The van der Waals surface area contributed by atoms with Gasteiger partial charge in [-0.05, 0) is 37.5 Å². The average Bonchev–Trinajstić information content (AvgIpc) is 3.39. The Balaban J connectivity index is 1.24. The molecule has 0 aromatic heterocycles. The molecule has 3 aliphatic rings. The Morgan fingerprint density at radius 3 is 2.73 bits per heavy atom. The van der Waals surface area contributed by atoms with Crippen molar-refractivity contribution in [2.24, 2.45) is 5.92 Å². The Bertz CT molecular complexity index is 884. The third-order valence-corrected chi connectivity index (χ3v) is 6.67. The Hall–Kier alpha value is -2.42. The number of carbonyl (C=O) groups excluding carboxylic acids is 4. The third kappa shape index (κ3) is 3.95. The largest absolute Gasteiger partial charge is 0.356 e. The van der Waals surface area contributed by atoms with E-state index in [1.165, 1.54) is 4.90 Å². The van der Waals surface area contributed by atoms with Gasteiger partial charge in [-0.25, -0.2) is 4.79 Å². The molecule has 1 atom stereocenters. The Morgan fingerprint density at radius 2 is 2.00 bits per heavy atom. The minimum atomic E-state index is -0.694. The van der Waals surface area contributed by atoms with Crippen LogP contribution in [0.25, 0.3) is 0 Å². The van der Waals surface area contributed by atoms with Crippen LogP contribution in [-0.4, -0.2) is 53.8 Å². The first-order valence-electron chi connectivity index (χ1n) is 10.4. The first-order valence-corrected chi connectivity index (χ1v) is 11.2. The normalized spacial score (nSPS) is 22.8. The van der Waals surface area contributed by atoms with Crippen LogP contribution in [0.1, 0.15) is 38.5 Å². The van der Waals surface area contributed by atoms with Gasteiger partial charge in [0.05, 0.1) is 5.92 Å². The number of nitrogens with zero attached hydrogens (tertiary/aromatic N) is 2. The van der Waals surface area contributed by atoms with Crippen molar-refractivity contribution in [3.63, 3.8) is 0 Å². The summed E-state index contributed by atoms with van der Waals surface area (Å²) < 4.78 is 0.876. The minimum Gasteiger partial charge on any atom is -0.356 e. The van der Waals surface area contributed by atoms with Crippen LogP contribution in [0.4, 0.5) is 10.5 Å². The molecular weight excluding hydrogens is 452 g/mol. The summed E-state index contributed by atoms with van der Waals surface area (Å²) in [5, 5.41) is 5.70. The van der Waals surface area contributed by atoms with Crippen molar-refractivity contribution in [2.45, 2.75) is 44.1 Å². The van der Waals surface area contributed by atoms with E-state index >= 15 is 0 Å². The fraction of sp³-hybridized carbons (Fsp3) is 0.524. The number of hydrogen-bond acceptors (Lipinski definition) is 4. The maximum atomic E-state index is 12.6. The lowest BCUT2D eigenvalue weighted by molar-refractivity contribution is -0.131. The summed E-state index contributed by atoms with van der Waals surface area (Å²) in [6.07, 6.45) is 3.97. The summed E-state index contributed by atoms with van der Waals surface area (Å²) in [5.74, 6) is -0.794. The van der Waals surface area contributed by atoms with Gasteiger partial charge in [-0.1, -0.05) is 34.8 Å². The molecule has 9 heteroatoms. The van der Waals surface area contributed by atoms with Crippen LogP contribution in [0, 0.1) is 5.92 Å². The predicted octanol–water partition coefficient (Wildman–Crippen LogP) is 2.17. The van der Waals surface area contributed by atoms with Gasteiger partial charge in [0.25, 0.3) is 5.91 Å². The highest BCUT2D eigenvalue weighted by Gasteiger charge is 2.52. The summed E-state index contributed by atoms with van der Waals surface area (Å²) in [5.41, 5.74) is 0.0736. The SMILES string of the molecule is O=C(NCCCN1C(=O)NC2(CCCC2)C1=O)C1CC(=O)N(c2cccc(Br)c2)C1. The molecule has 30 heavy (non-hydrogen) atoms. The van der Waals surface area contributed by atoms with E-state index in [0.717, 1.165) is 23.0 Å². The lowest BCUT2D eigenvalue weighted by Crippen LogP contribution is -2.44. The Kier molecular flexibility index (Phi) is 5.81. The second kappa shape index (κ2) is 8.37. The fourth-order valence-corrected chi connectivity index (χ4v) is 4.95. The number of anilines is 1. The molecule has 0 radical (unpaired) electrons. The van der Waals surface area contributed by atoms with Gasteiger partial charge in [0, 0.05) is 36.2 Å². The molecule has 5 amide bonds. The van der Waals surface area contributed by atoms with Crippen molar-refractivity contribution in [1.29, 1.82) is 0 Å². The van der Waals surface area contributed by atoms with Gasteiger partial charge in [0.15, 0.2) is 0 Å². The molecule has 3 fully saturated rings. The van der Waals surface area contributed by atoms with E-state index in [1.807, 2.05) is 24.3 Å². The van der Waals surface area contributed by atoms with Crippen LogP contribution in [0.3, 0.4) is 0 Å². The van der Waals surface area contributed by atoms with Gasteiger partial charge in [-0.15, -0.1) is 0 Å². The molecule has 1 aromatic rings. The van der Waals surface area contributed by atoms with Crippen LogP contribution in [-0.2, 0) is 14.4 Å². The topological polar surface area (TPSA) is 98.8 Å². The number of benzene rings is 1. The second-order valence-corrected chi connectivity index (χ2v) is 9.12. The molecule has 2 saturated heterocycles. The predicted molar refractivity (Wildman–Crippen MR) is 114 cm³/mol. The van der Waals surface area contributed by atoms with E-state index in [2.05, 4.69) is 26.6 Å². The second-order valence-electron chi connectivity index (χ2n) is 8.21. The van der Waals surface area contributed by atoms with E-state index in [-0.39, 0.29) is 36.7 Å². The van der Waals surface area contributed by atoms with Crippen molar-refractivity contribution in [2.75, 3.05) is 24.5 Å². The first kappa shape index (κ1) is 20.8. The Morgan fingerprint density at radius 1 is 1.23 bits per heavy atom. The average molecular weight is 477 g/mol. The van der Waals surface area contributed by atoms with Crippen molar-refractivity contribution in [1.82, 2.24) is 15.5 Å². The molecule has 1 spiro atoms. The van der Waals surface area contributed by atoms with Gasteiger partial charge in [-0.2, -0.15) is 0 Å². The smallest absolute Gasteiger partial charge is 0.325 e. The van der Waals surface area contributed by atoms with Crippen molar-refractivity contribution in [3.8, 4) is 0 Å². The molecule has 8 nitrogen and oxygen atoms in total. The van der Waals surface area contributed by atoms with Crippen LogP contribution in [0.2, 0.25) is 0 Å². The van der Waals surface area contributed by atoms with E-state index in [1.54, 1.807) is 4.90 Å². The highest BCUT2D eigenvalue weighted by atomic mass is 79.9. The van der Waals surface area contributed by atoms with E-state index < -0.39 is 11.5 Å². The van der Waals surface area contributed by atoms with Gasteiger partial charge >= 0.3 is 6.03 Å². The fourth-order valence-electron chi connectivity index (χ4n) is 4.57. The highest BCUT2D eigenvalue weighted by Crippen LogP contribution is 2.35. The summed E-state index contributed by atoms with van der Waals surface area (Å²) in [4.78, 5) is 52.5. The number of hydrogen-bond donors (Lipinski definition) is 2. The first-order chi connectivity index (χ1) is 14.4. The van der Waals surface area contributed by atoms with Crippen LogP contribution in [0.15, 0.2) is 28.7 Å². The number of amides is 5. The van der Waals surface area contributed by atoms with Gasteiger partial charge in [0.2, 0.25) is 11.8 Å². The zero-order valence-electron chi connectivity index (χ0n) is 16.7. The zero-order valence-corrected chi connectivity index (χ0v) is 18.2. The minimum absolute atomic E-state index is 0.0746. The molecular formula is C21H25BrN4O4. The van der Waals surface area contributed by atoms with Gasteiger partial charge < -0.3 is 15.5 Å². The van der Waals surface area contributed by atoms with Crippen molar-refractivity contribution in [3.05, 3.63) is 28.7 Å². The summed E-state index contributed by atoms with van der Waals surface area (Å²) in [6.45, 7) is 0.974. The third-order valence-electron chi connectivity index (χ3n) is 6.18. The van der Waals surface area contributed by atoms with Gasteiger partial charge in [0.1, 0.15) is 5.54 Å². The number of nitrogens with one attached hydrogen (secondary N) is 2. The standard InChI is InChI=1S/C21H25BrN4O4/c22-15-5-3-6-16(12-15)26-13-14(11-17(26)27)18(28)23-9-4-10-25-19(29)21(24-20(25)30)7-1-2-8-21/h3,5-6,12,14H,1-2,4,7-11,13H2,(H,23,28)(H,24,30). The van der Waals surface area contributed by atoms with Crippen molar-refractivity contribution < 1.29 is 19.2 Å². The highest BCUT2D eigenvalue weighted by molar-refractivity contribution is 9.10. The van der Waals surface area contributed by atoms with Crippen molar-refractivity contribution >= 4 is 45.4 Å². The quantitative estimate of drug-likeness (QED) is 0.485. The molecule has 0 bridgehead atoms. The number of carbonyl (C=O) groups is 4. The molecule has 2 heterocycles. The molecule has 160 valence electrons. The van der Waals surface area contributed by atoms with Crippen LogP contribution in [0.5, 0.6) is 0 Å². The monoisotopic (exact) mass is 476 g/mol.